The Hall–Kier alpha value is -4.23. The van der Waals surface area contributed by atoms with Crippen molar-refractivity contribution in [2.45, 2.75) is 43.8 Å². The fourth-order valence-corrected chi connectivity index (χ4v) is 5.53. The lowest BCUT2D eigenvalue weighted by Crippen LogP contribution is -2.54. The quantitative estimate of drug-likeness (QED) is 0.367. The second-order valence-corrected chi connectivity index (χ2v) is 11.0. The van der Waals surface area contributed by atoms with Crippen molar-refractivity contribution in [1.82, 2.24) is 15.1 Å². The second kappa shape index (κ2) is 12.2. The van der Waals surface area contributed by atoms with Gasteiger partial charge in [-0.15, -0.1) is 0 Å². The van der Waals surface area contributed by atoms with Crippen LogP contribution in [0.1, 0.15) is 42.7 Å². The van der Waals surface area contributed by atoms with Crippen LogP contribution in [-0.2, 0) is 30.1 Å². The van der Waals surface area contributed by atoms with E-state index in [4.69, 9.17) is 11.6 Å². The summed E-state index contributed by atoms with van der Waals surface area (Å²) in [5.41, 5.74) is 0.335. The van der Waals surface area contributed by atoms with Crippen LogP contribution in [0.2, 0.25) is 5.02 Å². The minimum absolute atomic E-state index is 0.0101. The zero-order valence-electron chi connectivity index (χ0n) is 22.7. The molecule has 0 radical (unpaired) electrons. The molecule has 43 heavy (non-hydrogen) atoms. The first-order valence-corrected chi connectivity index (χ1v) is 14.0. The van der Waals surface area contributed by atoms with Crippen LogP contribution in [-0.4, -0.2) is 65.0 Å². The van der Waals surface area contributed by atoms with Crippen LogP contribution in [0.25, 0.3) is 0 Å². The number of benzene rings is 2. The maximum Gasteiger partial charge on any atom is 0.417 e. The number of hydrogen-bond donors (Lipinski definition) is 3. The van der Waals surface area contributed by atoms with Gasteiger partial charge >= 0.3 is 6.18 Å². The number of nitrogens with one attached hydrogen (secondary N) is 3. The lowest BCUT2D eigenvalue weighted by molar-refractivity contribution is -0.149. The predicted molar refractivity (Wildman–Crippen MR) is 150 cm³/mol. The zero-order valence-corrected chi connectivity index (χ0v) is 23.4. The van der Waals surface area contributed by atoms with Crippen LogP contribution < -0.4 is 16.0 Å². The Balaban J connectivity index is 1.28. The number of halogens is 4. The van der Waals surface area contributed by atoms with Crippen molar-refractivity contribution in [3.05, 3.63) is 70.4 Å². The molecule has 0 aromatic heterocycles. The number of carbonyl (C=O) groups excluding carboxylic acids is 5. The molecule has 3 aliphatic rings. The summed E-state index contributed by atoms with van der Waals surface area (Å²) in [7, 11) is 0. The van der Waals surface area contributed by atoms with E-state index < -0.39 is 52.3 Å². The maximum atomic E-state index is 13.1. The normalized spacial score (nSPS) is 20.0. The molecule has 2 atom stereocenters. The van der Waals surface area contributed by atoms with E-state index in [9.17, 15) is 37.1 Å². The summed E-state index contributed by atoms with van der Waals surface area (Å²) in [6, 6.07) is 8.92. The highest BCUT2D eigenvalue weighted by molar-refractivity contribution is 6.31. The topological polar surface area (TPSA) is 128 Å². The third-order valence-electron chi connectivity index (χ3n) is 7.53. The third kappa shape index (κ3) is 6.89. The molecular formula is C29H27ClF3N5O5. The van der Waals surface area contributed by atoms with Crippen molar-refractivity contribution >= 4 is 52.5 Å². The van der Waals surface area contributed by atoms with Gasteiger partial charge in [-0.25, -0.2) is 0 Å². The number of alkyl halides is 3. The number of nitrogens with zero attached hydrogens (tertiary/aromatic N) is 2. The van der Waals surface area contributed by atoms with Crippen molar-refractivity contribution in [2.75, 3.05) is 30.3 Å². The number of rotatable bonds is 9. The largest absolute Gasteiger partial charge is 0.417 e. The molecule has 0 saturated carbocycles. The van der Waals surface area contributed by atoms with Crippen LogP contribution in [0.3, 0.4) is 0 Å². The number of imide groups is 2. The van der Waals surface area contributed by atoms with Crippen LogP contribution >= 0.6 is 11.6 Å². The number of likely N-dealkylation sites (tertiary alicyclic amines) is 1. The van der Waals surface area contributed by atoms with Gasteiger partial charge in [0.25, 0.3) is 11.8 Å². The Morgan fingerprint density at radius 3 is 2.49 bits per heavy atom. The fourth-order valence-electron chi connectivity index (χ4n) is 5.25. The highest BCUT2D eigenvalue weighted by atomic mass is 35.5. The van der Waals surface area contributed by atoms with E-state index >= 15 is 0 Å². The summed E-state index contributed by atoms with van der Waals surface area (Å²) in [4.78, 5) is 65.4. The van der Waals surface area contributed by atoms with E-state index in [-0.39, 0.29) is 36.6 Å². The molecule has 5 amide bonds. The smallest absolute Gasteiger partial charge is 0.351 e. The molecular weight excluding hydrogens is 591 g/mol. The van der Waals surface area contributed by atoms with Gasteiger partial charge in [-0.3, -0.25) is 34.2 Å². The van der Waals surface area contributed by atoms with Gasteiger partial charge in [-0.05, 0) is 61.8 Å². The van der Waals surface area contributed by atoms with E-state index in [0.29, 0.717) is 12.2 Å². The minimum atomic E-state index is -4.61. The molecule has 3 heterocycles. The Morgan fingerprint density at radius 1 is 1.07 bits per heavy atom. The van der Waals surface area contributed by atoms with Gasteiger partial charge in [0.15, 0.2) is 0 Å². The van der Waals surface area contributed by atoms with Gasteiger partial charge in [0, 0.05) is 42.8 Å². The molecule has 2 saturated heterocycles. The standard InChI is InChI=1S/C29H27ClF3N5O5/c30-21-13-19(5-6-20(21)29(31,32)33)35-25(40)12-17(15-37-9-2-10-37)16-3-1-4-18(11-16)34-22-14-26(41)38(28(22)43)23-7-8-24(39)36-27(23)42/h1,3-6,11,13-14,17,23,34H,2,7-10,12,15H2,(H,35,40)(H,36,39,42). The minimum Gasteiger partial charge on any atom is -0.351 e. The van der Waals surface area contributed by atoms with Gasteiger partial charge in [-0.2, -0.15) is 13.2 Å². The highest BCUT2D eigenvalue weighted by Gasteiger charge is 2.42. The summed E-state index contributed by atoms with van der Waals surface area (Å²) in [5.74, 6) is -3.26. The van der Waals surface area contributed by atoms with Gasteiger partial charge < -0.3 is 15.5 Å². The molecule has 3 aliphatic heterocycles. The second-order valence-electron chi connectivity index (χ2n) is 10.6. The molecule has 5 rings (SSSR count). The zero-order chi connectivity index (χ0) is 30.9. The van der Waals surface area contributed by atoms with Crippen molar-refractivity contribution in [1.29, 1.82) is 0 Å². The van der Waals surface area contributed by atoms with Gasteiger partial charge in [0.1, 0.15) is 11.7 Å². The fraction of sp³-hybridized carbons (Fsp3) is 0.345. The molecule has 10 nitrogen and oxygen atoms in total. The summed E-state index contributed by atoms with van der Waals surface area (Å²) < 4.78 is 39.1. The van der Waals surface area contributed by atoms with Gasteiger partial charge in [-0.1, -0.05) is 23.7 Å². The molecule has 0 aliphatic carbocycles. The first-order valence-electron chi connectivity index (χ1n) is 13.6. The lowest BCUT2D eigenvalue weighted by Gasteiger charge is -2.34. The summed E-state index contributed by atoms with van der Waals surface area (Å²) >= 11 is 5.80. The van der Waals surface area contributed by atoms with Crippen molar-refractivity contribution < 1.29 is 37.1 Å². The van der Waals surface area contributed by atoms with E-state index in [1.165, 1.54) is 0 Å². The average Bonchev–Trinajstić information content (AvgIpc) is 3.17. The molecule has 0 spiro atoms. The molecule has 3 N–H and O–H groups in total. The first kappa shape index (κ1) is 30.2. The molecule has 0 bridgehead atoms. The predicted octanol–water partition coefficient (Wildman–Crippen LogP) is 3.65. The van der Waals surface area contributed by atoms with Crippen LogP contribution in [0, 0.1) is 0 Å². The summed E-state index contributed by atoms with van der Waals surface area (Å²) in [6.45, 7) is 2.28. The SMILES string of the molecule is O=C1CCC(N2C(=O)C=C(Nc3cccc(C(CC(=O)Nc4ccc(C(F)(F)F)c(Cl)c4)CN4CCC4)c3)C2=O)C(=O)N1. The number of hydrogen-bond acceptors (Lipinski definition) is 7. The average molecular weight is 618 g/mol. The Bertz CT molecular complexity index is 1520. The molecule has 2 aromatic rings. The Morgan fingerprint density at radius 2 is 1.84 bits per heavy atom. The molecule has 2 unspecified atom stereocenters. The van der Waals surface area contributed by atoms with E-state index in [1.54, 1.807) is 18.2 Å². The molecule has 226 valence electrons. The monoisotopic (exact) mass is 617 g/mol. The van der Waals surface area contributed by atoms with E-state index in [2.05, 4.69) is 20.9 Å². The highest BCUT2D eigenvalue weighted by Crippen LogP contribution is 2.36. The first-order chi connectivity index (χ1) is 20.4. The van der Waals surface area contributed by atoms with Crippen molar-refractivity contribution in [2.24, 2.45) is 0 Å². The van der Waals surface area contributed by atoms with Gasteiger partial charge in [0.05, 0.1) is 10.6 Å². The number of carbonyl (C=O) groups is 5. The molecule has 2 fully saturated rings. The Kier molecular flexibility index (Phi) is 8.56. The molecule has 2 aromatic carbocycles. The third-order valence-corrected chi connectivity index (χ3v) is 7.84. The summed E-state index contributed by atoms with van der Waals surface area (Å²) in [5, 5.41) is 7.18. The van der Waals surface area contributed by atoms with Crippen LogP contribution in [0.4, 0.5) is 24.5 Å². The van der Waals surface area contributed by atoms with Crippen LogP contribution in [0.5, 0.6) is 0 Å². The van der Waals surface area contributed by atoms with E-state index in [0.717, 1.165) is 54.2 Å². The lowest BCUT2D eigenvalue weighted by atomic mass is 9.93. The number of amides is 5. The van der Waals surface area contributed by atoms with Crippen molar-refractivity contribution in [3.63, 3.8) is 0 Å². The number of anilines is 2. The molecule has 14 heteroatoms. The number of piperidine rings is 1. The maximum absolute atomic E-state index is 13.1. The summed E-state index contributed by atoms with van der Waals surface area (Å²) in [6.07, 6.45) is -2.43. The van der Waals surface area contributed by atoms with Crippen LogP contribution in [0.15, 0.2) is 54.2 Å². The van der Waals surface area contributed by atoms with Crippen molar-refractivity contribution in [3.8, 4) is 0 Å². The Labute approximate surface area is 249 Å². The van der Waals surface area contributed by atoms with Gasteiger partial charge in [0.2, 0.25) is 17.7 Å². The van der Waals surface area contributed by atoms with E-state index in [1.807, 2.05) is 6.07 Å².